The maximum Gasteiger partial charge on any atom is 0.319 e. The van der Waals surface area contributed by atoms with Crippen LogP contribution in [0.1, 0.15) is 34.1 Å². The second-order valence-electron chi connectivity index (χ2n) is 6.16. The van der Waals surface area contributed by atoms with Gasteiger partial charge in [-0.2, -0.15) is 0 Å². The van der Waals surface area contributed by atoms with E-state index in [0.29, 0.717) is 12.2 Å². The lowest BCUT2D eigenvalue weighted by Crippen LogP contribution is -2.48. The average Bonchev–Trinajstić information content (AvgIpc) is 2.38. The van der Waals surface area contributed by atoms with Crippen molar-refractivity contribution in [3.8, 4) is 5.75 Å². The molecule has 0 spiro atoms. The fraction of sp³-hybridized carbons (Fsp3) is 0.562. The van der Waals surface area contributed by atoms with Crippen LogP contribution in [0, 0.1) is 0 Å². The van der Waals surface area contributed by atoms with Crippen molar-refractivity contribution in [3.05, 3.63) is 24.3 Å². The number of carbonyl (C=O) groups is 1. The molecule has 0 saturated carbocycles. The lowest BCUT2D eigenvalue weighted by atomic mass is 10.1. The molecule has 0 aliphatic heterocycles. The van der Waals surface area contributed by atoms with E-state index in [1.165, 1.54) is 4.90 Å². The van der Waals surface area contributed by atoms with Crippen LogP contribution in [0.2, 0.25) is 0 Å². The van der Waals surface area contributed by atoms with Crippen LogP contribution >= 0.6 is 17.0 Å². The van der Waals surface area contributed by atoms with E-state index < -0.39 is 6.03 Å². The molecule has 6 heteroatoms. The van der Waals surface area contributed by atoms with Crippen LogP contribution < -0.4 is 10.6 Å². The molecule has 3 N–H and O–H groups in total. The summed E-state index contributed by atoms with van der Waals surface area (Å²) in [5.41, 5.74) is 6.23. The lowest BCUT2D eigenvalue weighted by molar-refractivity contribution is 0.140. The number of nitrogens with zero attached hydrogens (tertiary/aromatic N) is 2. The summed E-state index contributed by atoms with van der Waals surface area (Å²) in [6.07, 6.45) is 1.06. The Morgan fingerprint density at radius 1 is 1.14 bits per heavy atom. The molecule has 0 heterocycles. The van der Waals surface area contributed by atoms with Crippen molar-refractivity contribution in [2.24, 2.45) is 5.73 Å². The van der Waals surface area contributed by atoms with Gasteiger partial charge in [0.25, 0.3) is 0 Å². The van der Waals surface area contributed by atoms with E-state index in [-0.39, 0.29) is 28.3 Å². The van der Waals surface area contributed by atoms with Crippen LogP contribution in [0.5, 0.6) is 5.75 Å². The zero-order valence-electron chi connectivity index (χ0n) is 13.9. The maximum atomic E-state index is 11.7. The van der Waals surface area contributed by atoms with Crippen LogP contribution in [0.25, 0.3) is 0 Å². The van der Waals surface area contributed by atoms with E-state index >= 15 is 0 Å². The molecule has 0 bridgehead atoms. The molecule has 0 aliphatic rings. The highest BCUT2D eigenvalue weighted by atomic mass is 79.9. The van der Waals surface area contributed by atoms with Gasteiger partial charge in [0.05, 0.1) is 0 Å². The summed E-state index contributed by atoms with van der Waals surface area (Å²) in [5, 5.41) is 9.33. The Bertz CT molecular complexity index is 457. The minimum atomic E-state index is -0.481. The van der Waals surface area contributed by atoms with E-state index in [2.05, 4.69) is 32.6 Å². The third-order valence-electron chi connectivity index (χ3n) is 3.46. The highest BCUT2D eigenvalue weighted by Gasteiger charge is 2.22. The van der Waals surface area contributed by atoms with Gasteiger partial charge in [0, 0.05) is 24.3 Å². The molecule has 0 unspecified atom stereocenters. The summed E-state index contributed by atoms with van der Waals surface area (Å²) in [4.78, 5) is 15.5. The van der Waals surface area contributed by atoms with Gasteiger partial charge in [0.2, 0.25) is 0 Å². The van der Waals surface area contributed by atoms with Crippen LogP contribution in [0.4, 0.5) is 10.5 Å². The number of primary amides is 1. The van der Waals surface area contributed by atoms with E-state index in [9.17, 15) is 9.90 Å². The van der Waals surface area contributed by atoms with Gasteiger partial charge in [-0.3, -0.25) is 9.80 Å². The number of rotatable bonds is 6. The summed E-state index contributed by atoms with van der Waals surface area (Å²) in [6, 6.07) is 6.02. The van der Waals surface area contributed by atoms with Crippen molar-refractivity contribution < 1.29 is 9.90 Å². The fourth-order valence-electron chi connectivity index (χ4n) is 2.27. The number of nitrogens with two attached hydrogens (primary N) is 1. The van der Waals surface area contributed by atoms with Crippen LogP contribution in [-0.2, 0) is 0 Å². The Balaban J connectivity index is 0.00000441. The standard InChI is InChI=1S/C16H27N3O2.BrH/c1-5-10-18(16(2,3)4)11-12-19(15(17)21)13-6-8-14(20)9-7-13;/h6-9,20H,5,10-12H2,1-4H3,(H2,17,21);1H. The van der Waals surface area contributed by atoms with Gasteiger partial charge >= 0.3 is 6.03 Å². The number of hydrogen-bond acceptors (Lipinski definition) is 3. The van der Waals surface area contributed by atoms with E-state index in [1.54, 1.807) is 24.3 Å². The predicted octanol–water partition coefficient (Wildman–Crippen LogP) is 3.37. The topological polar surface area (TPSA) is 69.8 Å². The molecule has 0 radical (unpaired) electrons. The smallest absolute Gasteiger partial charge is 0.319 e. The van der Waals surface area contributed by atoms with Crippen molar-refractivity contribution in [3.63, 3.8) is 0 Å². The number of benzene rings is 1. The number of anilines is 1. The SMILES string of the molecule is Br.CCCN(CCN(C(N)=O)c1ccc(O)cc1)C(C)(C)C. The number of amides is 2. The number of aromatic hydroxyl groups is 1. The van der Waals surface area contributed by atoms with Gasteiger partial charge in [-0.1, -0.05) is 6.92 Å². The number of carbonyl (C=O) groups excluding carboxylic acids is 1. The Morgan fingerprint density at radius 2 is 1.68 bits per heavy atom. The molecule has 1 aromatic carbocycles. The molecule has 126 valence electrons. The van der Waals surface area contributed by atoms with Crippen molar-refractivity contribution in [1.29, 1.82) is 0 Å². The highest BCUT2D eigenvalue weighted by molar-refractivity contribution is 8.93. The van der Waals surface area contributed by atoms with Gasteiger partial charge in [-0.25, -0.2) is 4.79 Å². The quantitative estimate of drug-likeness (QED) is 0.802. The molecule has 5 nitrogen and oxygen atoms in total. The van der Waals surface area contributed by atoms with Gasteiger partial charge in [-0.15, -0.1) is 17.0 Å². The first-order valence-electron chi connectivity index (χ1n) is 7.36. The Hall–Kier alpha value is -1.27. The number of phenols is 1. The first-order valence-corrected chi connectivity index (χ1v) is 7.36. The molecule has 1 aromatic rings. The lowest BCUT2D eigenvalue weighted by Gasteiger charge is -2.36. The second kappa shape index (κ2) is 9.00. The normalized spacial score (nSPS) is 11.1. The van der Waals surface area contributed by atoms with Gasteiger partial charge in [-0.05, 0) is 58.0 Å². The van der Waals surface area contributed by atoms with Crippen molar-refractivity contribution >= 4 is 28.7 Å². The first kappa shape index (κ1) is 20.7. The molecule has 0 aliphatic carbocycles. The summed E-state index contributed by atoms with van der Waals surface area (Å²) in [6.45, 7) is 10.9. The Morgan fingerprint density at radius 3 is 2.09 bits per heavy atom. The molecule has 22 heavy (non-hydrogen) atoms. The van der Waals surface area contributed by atoms with Crippen LogP contribution in [0.15, 0.2) is 24.3 Å². The predicted molar refractivity (Wildman–Crippen MR) is 97.0 cm³/mol. The van der Waals surface area contributed by atoms with E-state index in [4.69, 9.17) is 5.73 Å². The average molecular weight is 374 g/mol. The van der Waals surface area contributed by atoms with Crippen LogP contribution in [-0.4, -0.2) is 41.2 Å². The Kier molecular flexibility index (Phi) is 8.48. The summed E-state index contributed by atoms with van der Waals surface area (Å²) >= 11 is 0. The summed E-state index contributed by atoms with van der Waals surface area (Å²) in [5.74, 6) is 0.172. The molecule has 0 atom stereocenters. The zero-order valence-corrected chi connectivity index (χ0v) is 15.6. The minimum absolute atomic E-state index is 0. The second-order valence-corrected chi connectivity index (χ2v) is 6.16. The van der Waals surface area contributed by atoms with Gasteiger partial charge in [0.1, 0.15) is 5.75 Å². The van der Waals surface area contributed by atoms with Crippen molar-refractivity contribution in [2.45, 2.75) is 39.7 Å². The third kappa shape index (κ3) is 6.23. The molecule has 0 fully saturated rings. The monoisotopic (exact) mass is 373 g/mol. The first-order chi connectivity index (χ1) is 9.75. The minimum Gasteiger partial charge on any atom is -0.508 e. The zero-order chi connectivity index (χ0) is 16.0. The van der Waals surface area contributed by atoms with Gasteiger partial charge in [0.15, 0.2) is 0 Å². The summed E-state index contributed by atoms with van der Waals surface area (Å²) in [7, 11) is 0. The molecule has 1 rings (SSSR count). The molecular formula is C16H28BrN3O2. The molecule has 2 amide bonds. The number of urea groups is 1. The molecule has 0 aromatic heterocycles. The molecular weight excluding hydrogens is 346 g/mol. The van der Waals surface area contributed by atoms with Crippen LogP contribution in [0.3, 0.4) is 0 Å². The van der Waals surface area contributed by atoms with Crippen molar-refractivity contribution in [1.82, 2.24) is 4.90 Å². The molecule has 0 saturated heterocycles. The number of phenolic OH excluding ortho intramolecular Hbond substituents is 1. The number of halogens is 1. The van der Waals surface area contributed by atoms with Gasteiger partial charge < -0.3 is 10.8 Å². The largest absolute Gasteiger partial charge is 0.508 e. The van der Waals surface area contributed by atoms with E-state index in [0.717, 1.165) is 19.5 Å². The third-order valence-corrected chi connectivity index (χ3v) is 3.46. The Labute approximate surface area is 143 Å². The highest BCUT2D eigenvalue weighted by Crippen LogP contribution is 2.19. The fourth-order valence-corrected chi connectivity index (χ4v) is 2.27. The number of hydrogen-bond donors (Lipinski definition) is 2. The van der Waals surface area contributed by atoms with E-state index in [1.807, 2.05) is 0 Å². The van der Waals surface area contributed by atoms with Crippen molar-refractivity contribution in [2.75, 3.05) is 24.5 Å². The summed E-state index contributed by atoms with van der Waals surface area (Å²) < 4.78 is 0. The maximum absolute atomic E-state index is 11.7.